The van der Waals surface area contributed by atoms with Crippen LogP contribution in [0.3, 0.4) is 0 Å². The number of aryl methyl sites for hydroxylation is 1. The molecule has 0 bridgehead atoms. The fourth-order valence-electron chi connectivity index (χ4n) is 1.63. The first kappa shape index (κ1) is 10.3. The molecule has 0 fully saturated rings. The molecule has 0 aliphatic carbocycles. The van der Waals surface area contributed by atoms with Gasteiger partial charge in [-0.05, 0) is 6.07 Å². The van der Waals surface area contributed by atoms with Crippen molar-refractivity contribution in [3.8, 4) is 0 Å². The minimum atomic E-state index is 0.439. The summed E-state index contributed by atoms with van der Waals surface area (Å²) in [4.78, 5) is 0. The molecule has 0 spiro atoms. The number of methoxy groups -OCH3 is 1. The Kier molecular flexibility index (Phi) is 2.54. The number of fused-ring (bicyclic) bond motifs is 1. The van der Waals surface area contributed by atoms with Crippen LogP contribution in [0.2, 0.25) is 5.02 Å². The van der Waals surface area contributed by atoms with Gasteiger partial charge in [-0.25, -0.2) is 0 Å². The van der Waals surface area contributed by atoms with E-state index in [1.54, 1.807) is 17.9 Å². The number of anilines is 1. The van der Waals surface area contributed by atoms with Crippen LogP contribution in [0.15, 0.2) is 12.3 Å². The van der Waals surface area contributed by atoms with Gasteiger partial charge in [-0.2, -0.15) is 5.10 Å². The predicted molar refractivity (Wildman–Crippen MR) is 60.8 cm³/mol. The van der Waals surface area contributed by atoms with Crippen molar-refractivity contribution in [2.24, 2.45) is 7.05 Å². The Hall–Kier alpha value is -1.26. The topological polar surface area (TPSA) is 53.1 Å². The summed E-state index contributed by atoms with van der Waals surface area (Å²) in [5.74, 6) is 0. The predicted octanol–water partition coefficient (Wildman–Crippen LogP) is 1.96. The highest BCUT2D eigenvalue weighted by molar-refractivity contribution is 6.34. The zero-order valence-electron chi connectivity index (χ0n) is 8.62. The molecule has 0 aliphatic rings. The Labute approximate surface area is 92.6 Å². The largest absolute Gasteiger partial charge is 0.397 e. The SMILES string of the molecule is COCc1c(N)c(Cl)cc2nn(C)cc12. The van der Waals surface area contributed by atoms with E-state index in [4.69, 9.17) is 22.1 Å². The van der Waals surface area contributed by atoms with E-state index in [9.17, 15) is 0 Å². The molecule has 2 aromatic rings. The van der Waals surface area contributed by atoms with Crippen LogP contribution in [-0.4, -0.2) is 16.9 Å². The van der Waals surface area contributed by atoms with Gasteiger partial charge in [-0.15, -0.1) is 0 Å². The second-order valence-corrected chi connectivity index (χ2v) is 3.83. The number of aromatic nitrogens is 2. The summed E-state index contributed by atoms with van der Waals surface area (Å²) in [6.07, 6.45) is 1.91. The highest BCUT2D eigenvalue weighted by Gasteiger charge is 2.11. The van der Waals surface area contributed by atoms with Gasteiger partial charge >= 0.3 is 0 Å². The van der Waals surface area contributed by atoms with E-state index < -0.39 is 0 Å². The summed E-state index contributed by atoms with van der Waals surface area (Å²) in [5.41, 5.74) is 8.20. The number of hydrogen-bond donors (Lipinski definition) is 1. The van der Waals surface area contributed by atoms with Gasteiger partial charge in [0.2, 0.25) is 0 Å². The lowest BCUT2D eigenvalue weighted by Gasteiger charge is -2.07. The van der Waals surface area contributed by atoms with Crippen LogP contribution >= 0.6 is 11.6 Å². The van der Waals surface area contributed by atoms with E-state index in [-0.39, 0.29) is 0 Å². The van der Waals surface area contributed by atoms with Crippen molar-refractivity contribution in [1.29, 1.82) is 0 Å². The molecule has 80 valence electrons. The maximum Gasteiger partial charge on any atom is 0.0943 e. The average molecular weight is 226 g/mol. The first-order chi connectivity index (χ1) is 7.13. The van der Waals surface area contributed by atoms with E-state index in [1.165, 1.54) is 0 Å². The van der Waals surface area contributed by atoms with Crippen molar-refractivity contribution in [3.05, 3.63) is 22.8 Å². The first-order valence-electron chi connectivity index (χ1n) is 4.52. The third kappa shape index (κ3) is 1.66. The van der Waals surface area contributed by atoms with Crippen LogP contribution in [0.25, 0.3) is 10.9 Å². The number of hydrogen-bond acceptors (Lipinski definition) is 3. The minimum Gasteiger partial charge on any atom is -0.397 e. The summed E-state index contributed by atoms with van der Waals surface area (Å²) in [7, 11) is 3.49. The fraction of sp³-hybridized carbons (Fsp3) is 0.300. The highest BCUT2D eigenvalue weighted by atomic mass is 35.5. The summed E-state index contributed by atoms with van der Waals surface area (Å²) in [6.45, 7) is 0.439. The Morgan fingerprint density at radius 3 is 3.00 bits per heavy atom. The molecule has 4 nitrogen and oxygen atoms in total. The molecule has 0 radical (unpaired) electrons. The van der Waals surface area contributed by atoms with Gasteiger partial charge < -0.3 is 10.5 Å². The molecule has 0 atom stereocenters. The van der Waals surface area contributed by atoms with Gasteiger partial charge in [0, 0.05) is 31.3 Å². The van der Waals surface area contributed by atoms with E-state index >= 15 is 0 Å². The van der Waals surface area contributed by atoms with Crippen molar-refractivity contribution in [2.45, 2.75) is 6.61 Å². The zero-order valence-corrected chi connectivity index (χ0v) is 9.38. The summed E-state index contributed by atoms with van der Waals surface area (Å²) in [5, 5.41) is 5.79. The van der Waals surface area contributed by atoms with E-state index in [0.717, 1.165) is 16.5 Å². The zero-order chi connectivity index (χ0) is 11.0. The van der Waals surface area contributed by atoms with Gasteiger partial charge in [0.05, 0.1) is 22.8 Å². The molecule has 0 saturated heterocycles. The van der Waals surface area contributed by atoms with Gasteiger partial charge in [0.25, 0.3) is 0 Å². The molecule has 0 amide bonds. The summed E-state index contributed by atoms with van der Waals surface area (Å²) < 4.78 is 6.84. The first-order valence-corrected chi connectivity index (χ1v) is 4.90. The third-order valence-corrected chi connectivity index (χ3v) is 2.63. The molecule has 2 N–H and O–H groups in total. The van der Waals surface area contributed by atoms with Crippen molar-refractivity contribution >= 4 is 28.2 Å². The standard InChI is InChI=1S/C10H12ClN3O/c1-14-4-6-7(5-15-2)10(12)8(11)3-9(6)13-14/h3-4H,5,12H2,1-2H3. The van der Waals surface area contributed by atoms with Crippen LogP contribution in [0, 0.1) is 0 Å². The minimum absolute atomic E-state index is 0.439. The molecule has 0 aliphatic heterocycles. The Bertz CT molecular complexity index is 507. The quantitative estimate of drug-likeness (QED) is 0.795. The normalized spacial score (nSPS) is 11.1. The molecule has 5 heteroatoms. The summed E-state index contributed by atoms with van der Waals surface area (Å²) >= 11 is 6.01. The Morgan fingerprint density at radius 2 is 2.33 bits per heavy atom. The lowest BCUT2D eigenvalue weighted by Crippen LogP contribution is -1.97. The second kappa shape index (κ2) is 3.72. The number of nitrogen functional groups attached to an aromatic ring is 1. The van der Waals surface area contributed by atoms with Crippen LogP contribution in [0.5, 0.6) is 0 Å². The molecule has 2 rings (SSSR count). The Morgan fingerprint density at radius 1 is 1.60 bits per heavy atom. The number of benzene rings is 1. The van der Waals surface area contributed by atoms with E-state index in [2.05, 4.69) is 5.10 Å². The lowest BCUT2D eigenvalue weighted by atomic mass is 10.1. The smallest absolute Gasteiger partial charge is 0.0943 e. The maximum atomic E-state index is 6.01. The number of nitrogens with zero attached hydrogens (tertiary/aromatic N) is 2. The molecule has 0 saturated carbocycles. The molecule has 1 aromatic heterocycles. The molecule has 0 unspecified atom stereocenters. The molecule has 1 aromatic carbocycles. The van der Waals surface area contributed by atoms with Gasteiger partial charge in [0.1, 0.15) is 0 Å². The van der Waals surface area contributed by atoms with Crippen molar-refractivity contribution < 1.29 is 4.74 Å². The number of halogens is 1. The second-order valence-electron chi connectivity index (χ2n) is 3.42. The molecule has 15 heavy (non-hydrogen) atoms. The van der Waals surface area contributed by atoms with Gasteiger partial charge in [-0.1, -0.05) is 11.6 Å². The van der Waals surface area contributed by atoms with Gasteiger partial charge in [0.15, 0.2) is 0 Å². The van der Waals surface area contributed by atoms with Crippen molar-refractivity contribution in [3.63, 3.8) is 0 Å². The summed E-state index contributed by atoms with van der Waals surface area (Å²) in [6, 6.07) is 1.77. The van der Waals surface area contributed by atoms with Crippen molar-refractivity contribution in [1.82, 2.24) is 9.78 Å². The van der Waals surface area contributed by atoms with E-state index in [0.29, 0.717) is 17.3 Å². The number of nitrogens with two attached hydrogens (primary N) is 1. The molecular formula is C10H12ClN3O. The molecule has 1 heterocycles. The third-order valence-electron chi connectivity index (χ3n) is 2.32. The molecular weight excluding hydrogens is 214 g/mol. The Balaban J connectivity index is 2.76. The van der Waals surface area contributed by atoms with Crippen LogP contribution in [0.4, 0.5) is 5.69 Å². The van der Waals surface area contributed by atoms with Crippen LogP contribution in [0.1, 0.15) is 5.56 Å². The van der Waals surface area contributed by atoms with Crippen LogP contribution in [-0.2, 0) is 18.4 Å². The maximum absolute atomic E-state index is 6.01. The van der Waals surface area contributed by atoms with E-state index in [1.807, 2.05) is 13.2 Å². The highest BCUT2D eigenvalue weighted by Crippen LogP contribution is 2.31. The number of ether oxygens (including phenoxy) is 1. The van der Waals surface area contributed by atoms with Crippen molar-refractivity contribution in [2.75, 3.05) is 12.8 Å². The number of rotatable bonds is 2. The monoisotopic (exact) mass is 225 g/mol. The fourth-order valence-corrected chi connectivity index (χ4v) is 1.85. The van der Waals surface area contributed by atoms with Crippen LogP contribution < -0.4 is 5.73 Å². The lowest BCUT2D eigenvalue weighted by molar-refractivity contribution is 0.186. The average Bonchev–Trinajstić information content (AvgIpc) is 2.53. The van der Waals surface area contributed by atoms with Gasteiger partial charge in [-0.3, -0.25) is 4.68 Å².